The molecule has 0 spiro atoms. The van der Waals surface area contributed by atoms with E-state index < -0.39 is 17.8 Å². The third-order valence-electron chi connectivity index (χ3n) is 7.40. The molecule has 244 valence electrons. The highest BCUT2D eigenvalue weighted by Gasteiger charge is 2.31. The van der Waals surface area contributed by atoms with Crippen LogP contribution in [0.5, 0.6) is 0 Å². The standard InChI is InChI=1S/C27H25N9O4.C3H4F2O2/c1-15(37)33(2)14-24-30-8-10-34(24)17-3-5-21-16(11-17)7-9-35(21)27(39)22-13-20(26(29)38)31-36(22)18-4-6-23-19(12-18)25(28)32-40-23;1-3(4,5)2(6)7/h3-6,8,10-13H,7,9,14H2,1-2H3,(H2,28,32)(H2,29,38);1H3,(H,6,7). The largest absolute Gasteiger partial charge is 0.477 e. The fourth-order valence-corrected chi connectivity index (χ4v) is 4.82. The van der Waals surface area contributed by atoms with E-state index in [-0.39, 0.29) is 29.0 Å². The molecule has 0 saturated carbocycles. The summed E-state index contributed by atoms with van der Waals surface area (Å²) >= 11 is 0. The minimum atomic E-state index is -3.58. The van der Waals surface area contributed by atoms with E-state index in [2.05, 4.69) is 15.2 Å². The number of imidazole rings is 1. The van der Waals surface area contributed by atoms with Gasteiger partial charge in [0.2, 0.25) is 5.91 Å². The fourth-order valence-electron chi connectivity index (χ4n) is 4.82. The Morgan fingerprint density at radius 2 is 1.81 bits per heavy atom. The Kier molecular flexibility index (Phi) is 8.47. The van der Waals surface area contributed by atoms with Crippen molar-refractivity contribution >= 4 is 46.2 Å². The number of carboxylic acids is 1. The van der Waals surface area contributed by atoms with E-state index in [1.165, 1.54) is 17.7 Å². The summed E-state index contributed by atoms with van der Waals surface area (Å²) in [6.45, 7) is 2.64. The van der Waals surface area contributed by atoms with Crippen molar-refractivity contribution < 1.29 is 37.6 Å². The van der Waals surface area contributed by atoms with E-state index >= 15 is 0 Å². The maximum absolute atomic E-state index is 13.9. The third kappa shape index (κ3) is 6.49. The first-order valence-corrected chi connectivity index (χ1v) is 14.0. The van der Waals surface area contributed by atoms with Crippen LogP contribution in [0, 0.1) is 0 Å². The molecule has 0 aliphatic carbocycles. The number of rotatable bonds is 7. The highest BCUT2D eigenvalue weighted by Crippen LogP contribution is 2.32. The highest BCUT2D eigenvalue weighted by molar-refractivity contribution is 6.08. The molecule has 3 aromatic heterocycles. The molecule has 15 nitrogen and oxygen atoms in total. The Morgan fingerprint density at radius 3 is 2.47 bits per heavy atom. The van der Waals surface area contributed by atoms with Gasteiger partial charge in [-0.2, -0.15) is 13.9 Å². The summed E-state index contributed by atoms with van der Waals surface area (Å²) < 4.78 is 31.0. The summed E-state index contributed by atoms with van der Waals surface area (Å²) in [5, 5.41) is 16.1. The molecule has 0 unspecified atom stereocenters. The summed E-state index contributed by atoms with van der Waals surface area (Å²) in [6, 6.07) is 12.2. The molecule has 0 radical (unpaired) electrons. The number of benzene rings is 2. The van der Waals surface area contributed by atoms with Crippen LogP contribution in [0.4, 0.5) is 20.3 Å². The number of aliphatic carboxylic acids is 1. The molecule has 5 N–H and O–H groups in total. The molecule has 3 amide bonds. The lowest BCUT2D eigenvalue weighted by Gasteiger charge is -2.19. The molecule has 0 atom stereocenters. The number of primary amides is 1. The molecule has 2 aromatic carbocycles. The number of anilines is 2. The molecule has 6 rings (SSSR count). The van der Waals surface area contributed by atoms with Crippen LogP contribution in [0.15, 0.2) is 59.4 Å². The normalized spacial score (nSPS) is 12.4. The first kappa shape index (κ1) is 32.3. The number of nitrogens with zero attached hydrogens (tertiary/aromatic N) is 7. The number of alkyl halides is 2. The van der Waals surface area contributed by atoms with Crippen LogP contribution in [0.2, 0.25) is 0 Å². The van der Waals surface area contributed by atoms with Gasteiger partial charge in [-0.1, -0.05) is 5.16 Å². The Hall–Kier alpha value is -6.13. The zero-order valence-corrected chi connectivity index (χ0v) is 25.3. The first-order valence-electron chi connectivity index (χ1n) is 14.0. The van der Waals surface area contributed by atoms with Crippen LogP contribution in [0.3, 0.4) is 0 Å². The van der Waals surface area contributed by atoms with Gasteiger partial charge in [0.25, 0.3) is 11.8 Å². The average molecular weight is 650 g/mol. The maximum atomic E-state index is 13.9. The van der Waals surface area contributed by atoms with Gasteiger partial charge in [-0.05, 0) is 48.4 Å². The van der Waals surface area contributed by atoms with Crippen LogP contribution < -0.4 is 16.4 Å². The van der Waals surface area contributed by atoms with Crippen molar-refractivity contribution in [2.24, 2.45) is 5.73 Å². The van der Waals surface area contributed by atoms with Gasteiger partial charge in [-0.25, -0.2) is 14.5 Å². The number of nitrogens with two attached hydrogens (primary N) is 2. The maximum Gasteiger partial charge on any atom is 0.374 e. The number of amides is 3. The molecule has 1 aliphatic heterocycles. The van der Waals surface area contributed by atoms with Crippen LogP contribution >= 0.6 is 0 Å². The van der Waals surface area contributed by atoms with Gasteiger partial charge in [-0.3, -0.25) is 14.4 Å². The van der Waals surface area contributed by atoms with Crippen molar-refractivity contribution in [3.8, 4) is 11.4 Å². The van der Waals surface area contributed by atoms with E-state index in [1.807, 2.05) is 29.0 Å². The number of carbonyl (C=O) groups excluding carboxylic acids is 3. The number of halogens is 2. The topological polar surface area (TPSA) is 209 Å². The average Bonchev–Trinajstić information content (AvgIpc) is 3.82. The second kappa shape index (κ2) is 12.3. The zero-order chi connectivity index (χ0) is 34.2. The Labute approximate surface area is 264 Å². The zero-order valence-electron chi connectivity index (χ0n) is 25.3. The lowest BCUT2D eigenvalue weighted by atomic mass is 10.1. The van der Waals surface area contributed by atoms with Gasteiger partial charge >= 0.3 is 11.9 Å². The number of hydrogen-bond donors (Lipinski definition) is 3. The van der Waals surface area contributed by atoms with Crippen LogP contribution in [0.25, 0.3) is 22.3 Å². The molecule has 5 aromatic rings. The van der Waals surface area contributed by atoms with Gasteiger partial charge in [0.1, 0.15) is 11.5 Å². The number of fused-ring (bicyclic) bond motifs is 2. The van der Waals surface area contributed by atoms with E-state index in [9.17, 15) is 28.0 Å². The summed E-state index contributed by atoms with van der Waals surface area (Å²) in [7, 11) is 1.72. The van der Waals surface area contributed by atoms with Crippen molar-refractivity contribution in [2.45, 2.75) is 32.7 Å². The molecule has 4 heterocycles. The highest BCUT2D eigenvalue weighted by atomic mass is 19.3. The summed E-state index contributed by atoms with van der Waals surface area (Å²) in [5.74, 6) is -5.90. The van der Waals surface area contributed by atoms with E-state index in [0.717, 1.165) is 22.8 Å². The van der Waals surface area contributed by atoms with E-state index in [1.54, 1.807) is 41.2 Å². The smallest absolute Gasteiger partial charge is 0.374 e. The van der Waals surface area contributed by atoms with Crippen molar-refractivity contribution in [3.05, 3.63) is 77.6 Å². The number of carboxylic acid groups (broad SMARTS) is 1. The van der Waals surface area contributed by atoms with E-state index in [0.29, 0.717) is 43.1 Å². The van der Waals surface area contributed by atoms with Crippen LogP contribution in [-0.2, 0) is 22.6 Å². The Morgan fingerprint density at radius 1 is 1.11 bits per heavy atom. The lowest BCUT2D eigenvalue weighted by molar-refractivity contribution is -0.161. The fraction of sp³-hybridized carbons (Fsp3) is 0.233. The van der Waals surface area contributed by atoms with Crippen molar-refractivity contribution in [1.82, 2.24) is 29.4 Å². The van der Waals surface area contributed by atoms with Crippen molar-refractivity contribution in [2.75, 3.05) is 24.2 Å². The predicted octanol–water partition coefficient (Wildman–Crippen LogP) is 2.79. The Bertz CT molecular complexity index is 2030. The number of nitrogen functional groups attached to an aromatic ring is 1. The number of hydrogen-bond acceptors (Lipinski definition) is 9. The predicted molar refractivity (Wildman–Crippen MR) is 163 cm³/mol. The van der Waals surface area contributed by atoms with E-state index in [4.69, 9.17) is 21.1 Å². The molecular formula is C30H29F2N9O6. The lowest BCUT2D eigenvalue weighted by Crippen LogP contribution is -2.30. The molecule has 1 aliphatic rings. The monoisotopic (exact) mass is 649 g/mol. The quantitative estimate of drug-likeness (QED) is 0.235. The van der Waals surface area contributed by atoms with Gasteiger partial charge < -0.3 is 35.5 Å². The Balaban J connectivity index is 0.000000559. The van der Waals surface area contributed by atoms with Gasteiger partial charge in [-0.15, -0.1) is 0 Å². The number of carbonyl (C=O) groups is 4. The second-order valence-corrected chi connectivity index (χ2v) is 10.7. The molecule has 0 fully saturated rings. The van der Waals surface area contributed by atoms with Crippen LogP contribution in [0.1, 0.15) is 46.2 Å². The van der Waals surface area contributed by atoms with Gasteiger partial charge in [0.15, 0.2) is 17.1 Å². The minimum Gasteiger partial charge on any atom is -0.477 e. The molecule has 0 saturated heterocycles. The third-order valence-corrected chi connectivity index (χ3v) is 7.40. The van der Waals surface area contributed by atoms with Gasteiger partial charge in [0, 0.05) is 57.3 Å². The molecule has 17 heteroatoms. The molecular weight excluding hydrogens is 620 g/mol. The molecule has 47 heavy (non-hydrogen) atoms. The minimum absolute atomic E-state index is 0.0420. The van der Waals surface area contributed by atoms with Gasteiger partial charge in [0.05, 0.1) is 17.6 Å². The number of aromatic nitrogens is 5. The first-order chi connectivity index (χ1) is 22.1. The summed E-state index contributed by atoms with van der Waals surface area (Å²) in [6.07, 6.45) is 4.16. The van der Waals surface area contributed by atoms with Crippen molar-refractivity contribution in [3.63, 3.8) is 0 Å². The summed E-state index contributed by atoms with van der Waals surface area (Å²) in [4.78, 5) is 54.5. The van der Waals surface area contributed by atoms with Crippen LogP contribution in [-0.4, -0.2) is 77.7 Å². The second-order valence-electron chi connectivity index (χ2n) is 10.7. The van der Waals surface area contributed by atoms with Crippen molar-refractivity contribution in [1.29, 1.82) is 0 Å². The molecule has 0 bridgehead atoms. The summed E-state index contributed by atoms with van der Waals surface area (Å²) in [5.41, 5.74) is 15.1. The SMILES string of the molecule is CC(=O)N(C)Cc1nccn1-c1ccc2c(c1)CCN2C(=O)c1cc(C(N)=O)nn1-c1ccc2onc(N)c2c1.CC(F)(F)C(=O)O.